The second-order valence-corrected chi connectivity index (χ2v) is 10.7. The Morgan fingerprint density at radius 2 is 1.84 bits per heavy atom. The van der Waals surface area contributed by atoms with Crippen LogP contribution in [0.4, 0.5) is 13.2 Å². The van der Waals surface area contributed by atoms with E-state index in [0.29, 0.717) is 6.54 Å². The lowest BCUT2D eigenvalue weighted by molar-refractivity contribution is -0.176. The topological polar surface area (TPSA) is 113 Å². The SMILES string of the molecule is COC1NCC2CNN(C)C2C1NS(=O)(=O)C1CNN(C2CC(C(F)(F)F)N(C)N2)C1. The van der Waals surface area contributed by atoms with Gasteiger partial charge in [-0.2, -0.15) is 13.2 Å². The van der Waals surface area contributed by atoms with E-state index in [1.807, 2.05) is 12.1 Å². The highest BCUT2D eigenvalue weighted by Gasteiger charge is 2.51. The quantitative estimate of drug-likeness (QED) is 0.296. The summed E-state index contributed by atoms with van der Waals surface area (Å²) in [6.07, 6.45) is -5.67. The molecule has 0 amide bonds. The molecule has 5 N–H and O–H groups in total. The number of halogens is 3. The molecule has 0 radical (unpaired) electrons. The highest BCUT2D eigenvalue weighted by molar-refractivity contribution is 7.90. The summed E-state index contributed by atoms with van der Waals surface area (Å²) in [4.78, 5) is 0. The van der Waals surface area contributed by atoms with Crippen molar-refractivity contribution in [1.82, 2.24) is 41.3 Å². The Morgan fingerprint density at radius 3 is 2.48 bits per heavy atom. The molecule has 4 saturated heterocycles. The Bertz CT molecular complexity index is 759. The van der Waals surface area contributed by atoms with E-state index in [1.54, 1.807) is 5.01 Å². The number of rotatable bonds is 5. The maximum Gasteiger partial charge on any atom is 0.405 e. The second kappa shape index (κ2) is 8.62. The molecule has 180 valence electrons. The van der Waals surface area contributed by atoms with Crippen molar-refractivity contribution in [2.75, 3.05) is 47.4 Å². The number of hydrogen-bond donors (Lipinski definition) is 5. The maximum absolute atomic E-state index is 13.2. The van der Waals surface area contributed by atoms with Gasteiger partial charge in [-0.25, -0.2) is 33.6 Å². The van der Waals surface area contributed by atoms with Crippen LogP contribution in [0.2, 0.25) is 0 Å². The van der Waals surface area contributed by atoms with Gasteiger partial charge in [-0.05, 0) is 0 Å². The van der Waals surface area contributed by atoms with Crippen molar-refractivity contribution < 1.29 is 26.3 Å². The van der Waals surface area contributed by atoms with Gasteiger partial charge in [0.15, 0.2) is 0 Å². The first-order valence-electron chi connectivity index (χ1n) is 10.3. The Labute approximate surface area is 180 Å². The van der Waals surface area contributed by atoms with Crippen LogP contribution in [0.1, 0.15) is 6.42 Å². The number of nitrogens with zero attached hydrogens (tertiary/aromatic N) is 3. The van der Waals surface area contributed by atoms with Crippen LogP contribution in [0, 0.1) is 5.92 Å². The summed E-state index contributed by atoms with van der Waals surface area (Å²) in [5.74, 6) is 0.222. The molecule has 0 aromatic heterocycles. The van der Waals surface area contributed by atoms with Crippen molar-refractivity contribution in [2.24, 2.45) is 5.92 Å². The summed E-state index contributed by atoms with van der Waals surface area (Å²) in [6, 6.07) is -2.21. The molecule has 0 spiro atoms. The van der Waals surface area contributed by atoms with Gasteiger partial charge in [0, 0.05) is 65.8 Å². The normalized spacial score (nSPS) is 41.2. The van der Waals surface area contributed by atoms with Crippen molar-refractivity contribution in [3.63, 3.8) is 0 Å². The molecule has 0 aliphatic carbocycles. The number of sulfonamides is 1. The van der Waals surface area contributed by atoms with Gasteiger partial charge < -0.3 is 4.74 Å². The van der Waals surface area contributed by atoms with Crippen LogP contribution < -0.4 is 26.3 Å². The van der Waals surface area contributed by atoms with E-state index in [1.165, 1.54) is 14.2 Å². The molecule has 31 heavy (non-hydrogen) atoms. The van der Waals surface area contributed by atoms with E-state index in [-0.39, 0.29) is 31.5 Å². The Hall–Kier alpha value is -0.620. The molecule has 4 aliphatic heterocycles. The first-order valence-corrected chi connectivity index (χ1v) is 11.9. The molecule has 4 aliphatic rings. The number of likely N-dealkylation sites (N-methyl/N-ethyl adjacent to an activating group) is 1. The number of hydrogen-bond acceptors (Lipinski definition) is 10. The third-order valence-corrected chi connectivity index (χ3v) is 8.54. The second-order valence-electron chi connectivity index (χ2n) is 8.66. The number of alkyl halides is 3. The van der Waals surface area contributed by atoms with Gasteiger partial charge in [-0.1, -0.05) is 0 Å². The van der Waals surface area contributed by atoms with Crippen LogP contribution >= 0.6 is 0 Å². The number of ether oxygens (including phenoxy) is 1. The molecule has 7 unspecified atom stereocenters. The fourth-order valence-electron chi connectivity index (χ4n) is 5.06. The minimum atomic E-state index is -4.36. The average molecular weight is 473 g/mol. The van der Waals surface area contributed by atoms with Crippen LogP contribution in [-0.4, -0.2) is 113 Å². The molecule has 0 aromatic rings. The Kier molecular flexibility index (Phi) is 6.55. The molecule has 15 heteroatoms. The predicted molar refractivity (Wildman–Crippen MR) is 105 cm³/mol. The van der Waals surface area contributed by atoms with Gasteiger partial charge in [-0.3, -0.25) is 16.2 Å². The maximum atomic E-state index is 13.2. The van der Waals surface area contributed by atoms with Crippen LogP contribution in [0.15, 0.2) is 0 Å². The van der Waals surface area contributed by atoms with Crippen LogP contribution in [0.5, 0.6) is 0 Å². The van der Waals surface area contributed by atoms with Gasteiger partial charge in [-0.15, -0.1) is 0 Å². The van der Waals surface area contributed by atoms with E-state index in [4.69, 9.17) is 4.74 Å². The Balaban J connectivity index is 1.42. The van der Waals surface area contributed by atoms with Crippen LogP contribution in [-0.2, 0) is 14.8 Å². The molecule has 4 heterocycles. The summed E-state index contributed by atoms with van der Waals surface area (Å²) in [5, 5.41) is 6.93. The molecule has 7 atom stereocenters. The summed E-state index contributed by atoms with van der Waals surface area (Å²) in [6.45, 7) is 1.64. The van der Waals surface area contributed by atoms with E-state index in [0.717, 1.165) is 11.6 Å². The molecule has 0 aromatic carbocycles. The predicted octanol–water partition coefficient (Wildman–Crippen LogP) is -2.43. The zero-order chi connectivity index (χ0) is 22.6. The minimum absolute atomic E-state index is 0.0748. The number of nitrogens with one attached hydrogen (secondary N) is 5. The molecular formula is C16H31F3N8O3S. The number of methoxy groups -OCH3 is 1. The molecular weight excluding hydrogens is 441 g/mol. The van der Waals surface area contributed by atoms with E-state index in [2.05, 4.69) is 26.3 Å². The van der Waals surface area contributed by atoms with Crippen molar-refractivity contribution in [1.29, 1.82) is 0 Å². The van der Waals surface area contributed by atoms with E-state index in [9.17, 15) is 21.6 Å². The van der Waals surface area contributed by atoms with Gasteiger partial charge in [0.25, 0.3) is 0 Å². The summed E-state index contributed by atoms with van der Waals surface area (Å²) in [5.41, 5.74) is 8.96. The van der Waals surface area contributed by atoms with E-state index < -0.39 is 45.9 Å². The lowest BCUT2D eigenvalue weighted by Gasteiger charge is -2.41. The van der Waals surface area contributed by atoms with Crippen LogP contribution in [0.25, 0.3) is 0 Å². The smallest absolute Gasteiger partial charge is 0.365 e. The first-order chi connectivity index (χ1) is 14.5. The molecule has 11 nitrogen and oxygen atoms in total. The zero-order valence-electron chi connectivity index (χ0n) is 17.7. The van der Waals surface area contributed by atoms with Gasteiger partial charge in [0.1, 0.15) is 17.5 Å². The molecule has 0 bridgehead atoms. The van der Waals surface area contributed by atoms with Gasteiger partial charge in [0.05, 0.1) is 12.2 Å². The zero-order valence-corrected chi connectivity index (χ0v) is 18.5. The van der Waals surface area contributed by atoms with Crippen molar-refractivity contribution in [3.05, 3.63) is 0 Å². The third kappa shape index (κ3) is 4.58. The van der Waals surface area contributed by atoms with Gasteiger partial charge >= 0.3 is 6.18 Å². The number of hydrazine groups is 3. The average Bonchev–Trinajstić information content (AvgIpc) is 3.40. The van der Waals surface area contributed by atoms with Crippen LogP contribution in [0.3, 0.4) is 0 Å². The van der Waals surface area contributed by atoms with Gasteiger partial charge in [0.2, 0.25) is 10.0 Å². The van der Waals surface area contributed by atoms with Crippen molar-refractivity contribution >= 4 is 10.0 Å². The highest BCUT2D eigenvalue weighted by Crippen LogP contribution is 2.32. The summed E-state index contributed by atoms with van der Waals surface area (Å²) < 4.78 is 74.2. The third-order valence-electron chi connectivity index (χ3n) is 6.74. The largest absolute Gasteiger partial charge is 0.405 e. The number of fused-ring (bicyclic) bond motifs is 1. The molecule has 4 fully saturated rings. The fourth-order valence-corrected chi connectivity index (χ4v) is 6.55. The monoisotopic (exact) mass is 472 g/mol. The standard InChI is InChI=1S/C16H31F3N8O3S/c1-25-11(16(17,18)19)4-12(23-25)27-8-10(7-22-27)31(28,29)24-13-14-9(6-21-26(14)2)5-20-15(13)30-3/h9-15,20-24H,4-8H2,1-3H3. The summed E-state index contributed by atoms with van der Waals surface area (Å²) >= 11 is 0. The molecule has 0 saturated carbocycles. The summed E-state index contributed by atoms with van der Waals surface area (Å²) in [7, 11) is 0.971. The van der Waals surface area contributed by atoms with Crippen molar-refractivity contribution in [2.45, 2.75) is 48.4 Å². The highest BCUT2D eigenvalue weighted by atomic mass is 32.2. The fraction of sp³-hybridized carbons (Fsp3) is 1.00. The minimum Gasteiger partial charge on any atom is -0.365 e. The van der Waals surface area contributed by atoms with E-state index >= 15 is 0 Å². The lowest BCUT2D eigenvalue weighted by Crippen LogP contribution is -2.67. The number of piperidine rings is 1. The first kappa shape index (κ1) is 23.5. The van der Waals surface area contributed by atoms with Crippen molar-refractivity contribution in [3.8, 4) is 0 Å². The molecule has 4 rings (SSSR count). The lowest BCUT2D eigenvalue weighted by atomic mass is 9.90. The Morgan fingerprint density at radius 1 is 1.10 bits per heavy atom.